The number of hydrogen-bond donors (Lipinski definition) is 1. The van der Waals surface area contributed by atoms with Gasteiger partial charge in [-0.3, -0.25) is 0 Å². The summed E-state index contributed by atoms with van der Waals surface area (Å²) in [5.41, 5.74) is 0.998. The Balaban J connectivity index is 1.87. The fourth-order valence-corrected chi connectivity index (χ4v) is 2.70. The van der Waals surface area contributed by atoms with Gasteiger partial charge in [0.25, 0.3) is 0 Å². The molecule has 2 aliphatic heterocycles. The number of aryl methyl sites for hydroxylation is 1. The fraction of sp³-hybridized carbons (Fsp3) is 0.700. The largest absolute Gasteiger partial charge is 0.361 e. The van der Waals surface area contributed by atoms with Crippen LogP contribution in [-0.4, -0.2) is 17.2 Å². The normalized spacial score (nSPS) is 37.2. The lowest BCUT2D eigenvalue weighted by atomic mass is 9.87. The molecule has 1 aromatic heterocycles. The van der Waals surface area contributed by atoms with E-state index in [9.17, 15) is 0 Å². The van der Waals surface area contributed by atoms with Gasteiger partial charge in [-0.05, 0) is 26.2 Å². The summed E-state index contributed by atoms with van der Waals surface area (Å²) in [4.78, 5) is 0. The van der Waals surface area contributed by atoms with Gasteiger partial charge >= 0.3 is 0 Å². The smallest absolute Gasteiger partial charge is 0.141 e. The van der Waals surface area contributed by atoms with Gasteiger partial charge in [-0.2, -0.15) is 0 Å². The van der Waals surface area contributed by atoms with Gasteiger partial charge in [-0.1, -0.05) is 5.16 Å². The van der Waals surface area contributed by atoms with Crippen LogP contribution in [0.15, 0.2) is 10.6 Å². The Morgan fingerprint density at radius 1 is 1.54 bits per heavy atom. The molecule has 0 aromatic carbocycles. The molecule has 3 nitrogen and oxygen atoms in total. The van der Waals surface area contributed by atoms with E-state index in [4.69, 9.17) is 4.52 Å². The van der Waals surface area contributed by atoms with E-state index in [0.29, 0.717) is 12.0 Å². The van der Waals surface area contributed by atoms with Crippen molar-refractivity contribution in [2.45, 2.75) is 44.2 Å². The second-order valence-corrected chi connectivity index (χ2v) is 4.26. The second-order valence-electron chi connectivity index (χ2n) is 4.26. The van der Waals surface area contributed by atoms with Crippen LogP contribution in [0.3, 0.4) is 0 Å². The highest BCUT2D eigenvalue weighted by atomic mass is 16.5. The maximum Gasteiger partial charge on any atom is 0.141 e. The van der Waals surface area contributed by atoms with Gasteiger partial charge in [0.1, 0.15) is 5.76 Å². The molecule has 0 spiro atoms. The summed E-state index contributed by atoms with van der Waals surface area (Å²) in [6, 6.07) is 3.46. The summed E-state index contributed by atoms with van der Waals surface area (Å²) in [5, 5.41) is 7.54. The van der Waals surface area contributed by atoms with Crippen molar-refractivity contribution in [3.8, 4) is 0 Å². The molecule has 2 saturated heterocycles. The molecule has 3 heteroatoms. The van der Waals surface area contributed by atoms with Crippen molar-refractivity contribution in [3.05, 3.63) is 17.5 Å². The van der Waals surface area contributed by atoms with Crippen LogP contribution in [0.4, 0.5) is 0 Å². The van der Waals surface area contributed by atoms with Crippen molar-refractivity contribution in [2.75, 3.05) is 0 Å². The monoisotopic (exact) mass is 178 g/mol. The van der Waals surface area contributed by atoms with Gasteiger partial charge in [0.2, 0.25) is 0 Å². The molecule has 0 amide bonds. The van der Waals surface area contributed by atoms with E-state index in [1.807, 2.05) is 6.92 Å². The zero-order valence-corrected chi connectivity index (χ0v) is 7.79. The Kier molecular flexibility index (Phi) is 1.50. The van der Waals surface area contributed by atoms with Crippen LogP contribution in [-0.2, 0) is 0 Å². The molecule has 1 aromatic rings. The maximum atomic E-state index is 5.31. The van der Waals surface area contributed by atoms with Gasteiger partial charge < -0.3 is 9.84 Å². The van der Waals surface area contributed by atoms with E-state index in [0.717, 1.165) is 17.5 Å². The van der Waals surface area contributed by atoms with Crippen LogP contribution in [0.5, 0.6) is 0 Å². The molecular formula is C10H14N2O. The third-order valence-corrected chi connectivity index (χ3v) is 3.31. The Morgan fingerprint density at radius 3 is 3.00 bits per heavy atom. The van der Waals surface area contributed by atoms with E-state index < -0.39 is 0 Å². The summed E-state index contributed by atoms with van der Waals surface area (Å²) >= 11 is 0. The highest BCUT2D eigenvalue weighted by molar-refractivity contribution is 5.16. The van der Waals surface area contributed by atoms with E-state index in [2.05, 4.69) is 16.5 Å². The van der Waals surface area contributed by atoms with Crippen LogP contribution in [0, 0.1) is 6.92 Å². The minimum absolute atomic E-state index is 0.583. The summed E-state index contributed by atoms with van der Waals surface area (Å²) in [5.74, 6) is 1.66. The average Bonchev–Trinajstić information content (AvgIpc) is 2.77. The number of hydrogen-bond acceptors (Lipinski definition) is 3. The van der Waals surface area contributed by atoms with Gasteiger partial charge in [-0.15, -0.1) is 0 Å². The first-order valence-electron chi connectivity index (χ1n) is 5.02. The molecule has 3 heterocycles. The van der Waals surface area contributed by atoms with Gasteiger partial charge in [-0.25, -0.2) is 0 Å². The Hall–Kier alpha value is -0.830. The molecule has 0 radical (unpaired) electrons. The lowest BCUT2D eigenvalue weighted by Gasteiger charge is -2.16. The molecule has 3 rings (SSSR count). The van der Waals surface area contributed by atoms with Crippen molar-refractivity contribution in [1.82, 2.24) is 10.5 Å². The first-order valence-corrected chi connectivity index (χ1v) is 5.02. The highest BCUT2D eigenvalue weighted by Crippen LogP contribution is 2.39. The third kappa shape index (κ3) is 1.10. The van der Waals surface area contributed by atoms with Crippen molar-refractivity contribution in [2.24, 2.45) is 0 Å². The fourth-order valence-electron chi connectivity index (χ4n) is 2.70. The Labute approximate surface area is 77.5 Å². The predicted molar refractivity (Wildman–Crippen MR) is 48.5 cm³/mol. The molecule has 2 bridgehead atoms. The number of rotatable bonds is 1. The van der Waals surface area contributed by atoms with E-state index in [-0.39, 0.29) is 0 Å². The van der Waals surface area contributed by atoms with Crippen molar-refractivity contribution >= 4 is 0 Å². The molecule has 70 valence electrons. The topological polar surface area (TPSA) is 38.1 Å². The number of fused-ring (bicyclic) bond motifs is 2. The Bertz CT molecular complexity index is 320. The maximum absolute atomic E-state index is 5.31. The van der Waals surface area contributed by atoms with Crippen LogP contribution >= 0.6 is 0 Å². The third-order valence-electron chi connectivity index (χ3n) is 3.31. The van der Waals surface area contributed by atoms with Crippen LogP contribution in [0.25, 0.3) is 0 Å². The standard InChI is InChI=1S/C10H14N2O/c1-6-4-10(13-12-6)8-5-7-2-3-9(8)11-7/h4,7-9,11H,2-3,5H2,1H3/t7-,8+,9+/m1/s1. The first kappa shape index (κ1) is 7.56. The molecule has 3 atom stereocenters. The van der Waals surface area contributed by atoms with Gasteiger partial charge in [0.15, 0.2) is 0 Å². The summed E-state index contributed by atoms with van der Waals surface area (Å²) in [6.45, 7) is 1.98. The minimum Gasteiger partial charge on any atom is -0.361 e. The van der Waals surface area contributed by atoms with E-state index in [1.165, 1.54) is 19.3 Å². The summed E-state index contributed by atoms with van der Waals surface area (Å²) < 4.78 is 5.31. The second kappa shape index (κ2) is 2.58. The summed E-state index contributed by atoms with van der Waals surface area (Å²) in [6.07, 6.45) is 3.88. The molecular weight excluding hydrogens is 164 g/mol. The number of aromatic nitrogens is 1. The Morgan fingerprint density at radius 2 is 2.46 bits per heavy atom. The zero-order chi connectivity index (χ0) is 8.84. The molecule has 0 aliphatic carbocycles. The van der Waals surface area contributed by atoms with Crippen molar-refractivity contribution in [1.29, 1.82) is 0 Å². The van der Waals surface area contributed by atoms with Gasteiger partial charge in [0.05, 0.1) is 5.69 Å². The van der Waals surface area contributed by atoms with Crippen molar-refractivity contribution in [3.63, 3.8) is 0 Å². The molecule has 1 N–H and O–H groups in total. The zero-order valence-electron chi connectivity index (χ0n) is 7.79. The van der Waals surface area contributed by atoms with E-state index >= 15 is 0 Å². The first-order chi connectivity index (χ1) is 6.33. The van der Waals surface area contributed by atoms with Crippen LogP contribution in [0.1, 0.15) is 36.6 Å². The molecule has 13 heavy (non-hydrogen) atoms. The lowest BCUT2D eigenvalue weighted by Crippen LogP contribution is -2.21. The summed E-state index contributed by atoms with van der Waals surface area (Å²) in [7, 11) is 0. The van der Waals surface area contributed by atoms with E-state index in [1.54, 1.807) is 0 Å². The number of nitrogens with one attached hydrogen (secondary N) is 1. The quantitative estimate of drug-likeness (QED) is 0.709. The van der Waals surface area contributed by atoms with Crippen LogP contribution in [0.2, 0.25) is 0 Å². The SMILES string of the molecule is Cc1cc([C@H]2C[C@H]3CC[C@@H]2N3)on1. The number of nitrogens with zero attached hydrogens (tertiary/aromatic N) is 1. The lowest BCUT2D eigenvalue weighted by molar-refractivity contribution is 0.334. The van der Waals surface area contributed by atoms with Crippen molar-refractivity contribution < 1.29 is 4.52 Å². The van der Waals surface area contributed by atoms with Crippen LogP contribution < -0.4 is 5.32 Å². The molecule has 0 unspecified atom stereocenters. The van der Waals surface area contributed by atoms with Gasteiger partial charge in [0, 0.05) is 24.1 Å². The predicted octanol–water partition coefficient (Wildman–Crippen LogP) is 1.59. The highest BCUT2D eigenvalue weighted by Gasteiger charge is 2.41. The molecule has 2 fully saturated rings. The molecule has 0 saturated carbocycles. The minimum atomic E-state index is 0.583. The molecule has 2 aliphatic rings. The average molecular weight is 178 g/mol.